The van der Waals surface area contributed by atoms with Crippen molar-refractivity contribution in [1.82, 2.24) is 0 Å². The van der Waals surface area contributed by atoms with Crippen LogP contribution in [0.2, 0.25) is 0 Å². The van der Waals surface area contributed by atoms with Crippen molar-refractivity contribution in [2.45, 2.75) is 6.42 Å². The van der Waals surface area contributed by atoms with E-state index in [-0.39, 0.29) is 0 Å². The Balaban J connectivity index is 2.26. The maximum Gasteiger partial charge on any atom is 0.159 e. The van der Waals surface area contributed by atoms with E-state index in [9.17, 15) is 4.79 Å². The number of fused-ring (bicyclic) bond motifs is 1. The van der Waals surface area contributed by atoms with Gasteiger partial charge in [-0.25, -0.2) is 0 Å². The first-order chi connectivity index (χ1) is 4.38. The minimum Gasteiger partial charge on any atom is -0.295 e. The summed E-state index contributed by atoms with van der Waals surface area (Å²) in [6, 6.07) is 0. The first-order valence-corrected chi connectivity index (χ1v) is 3.26. The topological polar surface area (TPSA) is 17.1 Å². The van der Waals surface area contributed by atoms with Crippen LogP contribution in [0.3, 0.4) is 0 Å². The molecule has 46 valence electrons. The molecule has 0 saturated heterocycles. The molecule has 9 heavy (non-hydrogen) atoms. The third-order valence-electron chi connectivity index (χ3n) is 1.94. The SMILES string of the molecule is O=C1C=CC=C[C@@H]2C[C@H]12. The van der Waals surface area contributed by atoms with Crippen LogP contribution < -0.4 is 0 Å². The van der Waals surface area contributed by atoms with E-state index in [0.717, 1.165) is 6.42 Å². The zero-order valence-corrected chi connectivity index (χ0v) is 5.08. The lowest BCUT2D eigenvalue weighted by molar-refractivity contribution is -0.115. The van der Waals surface area contributed by atoms with Crippen molar-refractivity contribution < 1.29 is 4.79 Å². The molecule has 1 nitrogen and oxygen atoms in total. The van der Waals surface area contributed by atoms with E-state index in [0.29, 0.717) is 17.6 Å². The molecule has 2 aliphatic rings. The van der Waals surface area contributed by atoms with Crippen molar-refractivity contribution in [3.05, 3.63) is 24.3 Å². The van der Waals surface area contributed by atoms with Gasteiger partial charge < -0.3 is 0 Å². The Morgan fingerprint density at radius 1 is 1.44 bits per heavy atom. The van der Waals surface area contributed by atoms with Crippen molar-refractivity contribution >= 4 is 5.78 Å². The second-order valence-corrected chi connectivity index (χ2v) is 2.65. The van der Waals surface area contributed by atoms with Gasteiger partial charge in [0.05, 0.1) is 0 Å². The first-order valence-electron chi connectivity index (χ1n) is 3.26. The van der Waals surface area contributed by atoms with Gasteiger partial charge in [-0.05, 0) is 18.4 Å². The molecule has 0 aliphatic heterocycles. The molecule has 0 aromatic carbocycles. The van der Waals surface area contributed by atoms with Crippen LogP contribution in [0.4, 0.5) is 0 Å². The van der Waals surface area contributed by atoms with E-state index >= 15 is 0 Å². The third-order valence-corrected chi connectivity index (χ3v) is 1.94. The highest BCUT2D eigenvalue weighted by Crippen LogP contribution is 2.41. The molecular formula is C8H8O. The fourth-order valence-corrected chi connectivity index (χ4v) is 1.24. The third kappa shape index (κ3) is 0.727. The number of hydrogen-bond donors (Lipinski definition) is 0. The summed E-state index contributed by atoms with van der Waals surface area (Å²) in [5.74, 6) is 1.23. The van der Waals surface area contributed by atoms with Gasteiger partial charge in [0, 0.05) is 5.92 Å². The van der Waals surface area contributed by atoms with Gasteiger partial charge in [-0.2, -0.15) is 0 Å². The quantitative estimate of drug-likeness (QED) is 0.471. The Morgan fingerprint density at radius 2 is 2.33 bits per heavy atom. The van der Waals surface area contributed by atoms with E-state index in [2.05, 4.69) is 6.08 Å². The molecule has 2 rings (SSSR count). The fourth-order valence-electron chi connectivity index (χ4n) is 1.24. The lowest BCUT2D eigenvalue weighted by Crippen LogP contribution is -1.94. The van der Waals surface area contributed by atoms with E-state index in [1.165, 1.54) is 0 Å². The number of allylic oxidation sites excluding steroid dienone is 4. The molecule has 0 radical (unpaired) electrons. The highest BCUT2D eigenvalue weighted by Gasteiger charge is 2.39. The summed E-state index contributed by atoms with van der Waals surface area (Å²) in [5, 5.41) is 0. The van der Waals surface area contributed by atoms with Gasteiger partial charge in [0.1, 0.15) is 0 Å². The lowest BCUT2D eigenvalue weighted by atomic mass is 10.2. The van der Waals surface area contributed by atoms with Gasteiger partial charge in [-0.15, -0.1) is 0 Å². The summed E-state index contributed by atoms with van der Waals surface area (Å²) in [7, 11) is 0. The minimum atomic E-state index is 0.310. The van der Waals surface area contributed by atoms with Gasteiger partial charge in [0.2, 0.25) is 0 Å². The Hall–Kier alpha value is -0.850. The van der Waals surface area contributed by atoms with Crippen LogP contribution in [-0.4, -0.2) is 5.78 Å². The average Bonchev–Trinajstić information content (AvgIpc) is 2.55. The van der Waals surface area contributed by atoms with Crippen molar-refractivity contribution in [2.75, 3.05) is 0 Å². The van der Waals surface area contributed by atoms with Crippen LogP contribution in [0.25, 0.3) is 0 Å². The van der Waals surface area contributed by atoms with Gasteiger partial charge in [0.15, 0.2) is 5.78 Å². The molecule has 0 bridgehead atoms. The van der Waals surface area contributed by atoms with Crippen LogP contribution in [0, 0.1) is 11.8 Å². The van der Waals surface area contributed by atoms with Crippen LogP contribution in [-0.2, 0) is 4.79 Å². The molecule has 0 spiro atoms. The van der Waals surface area contributed by atoms with Crippen LogP contribution in [0.5, 0.6) is 0 Å². The summed E-state index contributed by atoms with van der Waals surface area (Å²) in [4.78, 5) is 10.9. The lowest BCUT2D eigenvalue weighted by Gasteiger charge is -1.82. The second kappa shape index (κ2) is 1.56. The number of hydrogen-bond acceptors (Lipinski definition) is 1. The maximum atomic E-state index is 10.9. The Labute approximate surface area is 54.1 Å². The van der Waals surface area contributed by atoms with E-state index < -0.39 is 0 Å². The van der Waals surface area contributed by atoms with Crippen molar-refractivity contribution in [2.24, 2.45) is 11.8 Å². The van der Waals surface area contributed by atoms with Gasteiger partial charge in [-0.1, -0.05) is 18.2 Å². The number of carbonyl (C=O) groups excluding carboxylic acids is 1. The summed E-state index contributed by atoms with van der Waals surface area (Å²) in [6.45, 7) is 0. The molecule has 0 amide bonds. The minimum absolute atomic E-state index is 0.310. The number of ketones is 1. The largest absolute Gasteiger partial charge is 0.295 e. The van der Waals surface area contributed by atoms with Crippen molar-refractivity contribution in [1.29, 1.82) is 0 Å². The van der Waals surface area contributed by atoms with Gasteiger partial charge in [-0.3, -0.25) is 4.79 Å². The van der Waals surface area contributed by atoms with Crippen LogP contribution in [0.15, 0.2) is 24.3 Å². The van der Waals surface area contributed by atoms with E-state index in [1.54, 1.807) is 6.08 Å². The highest BCUT2D eigenvalue weighted by molar-refractivity contribution is 5.94. The average molecular weight is 120 g/mol. The molecule has 1 saturated carbocycles. The molecular weight excluding hydrogens is 112 g/mol. The highest BCUT2D eigenvalue weighted by atomic mass is 16.1. The number of rotatable bonds is 0. The zero-order valence-electron chi connectivity index (χ0n) is 5.08. The Kier molecular flexibility index (Phi) is 0.865. The molecule has 0 aromatic rings. The standard InChI is InChI=1S/C8H8O/c9-8-4-2-1-3-6-5-7(6)8/h1-4,6-7H,5H2/t6-,7+/m1/s1. The summed E-state index contributed by atoms with van der Waals surface area (Å²) < 4.78 is 0. The zero-order chi connectivity index (χ0) is 6.27. The summed E-state index contributed by atoms with van der Waals surface area (Å²) in [6.07, 6.45) is 8.67. The molecule has 0 unspecified atom stereocenters. The molecule has 2 aliphatic carbocycles. The van der Waals surface area contributed by atoms with Crippen LogP contribution in [0.1, 0.15) is 6.42 Å². The second-order valence-electron chi connectivity index (χ2n) is 2.65. The monoisotopic (exact) mass is 120 g/mol. The van der Waals surface area contributed by atoms with E-state index in [1.807, 2.05) is 12.2 Å². The molecule has 1 fully saturated rings. The van der Waals surface area contributed by atoms with E-state index in [4.69, 9.17) is 0 Å². The Morgan fingerprint density at radius 3 is 3.22 bits per heavy atom. The predicted octanol–water partition coefficient (Wildman–Crippen LogP) is 1.32. The van der Waals surface area contributed by atoms with Crippen molar-refractivity contribution in [3.63, 3.8) is 0 Å². The smallest absolute Gasteiger partial charge is 0.159 e. The summed E-state index contributed by atoms with van der Waals surface area (Å²) in [5.41, 5.74) is 0. The normalized spacial score (nSPS) is 38.0. The fraction of sp³-hybridized carbons (Fsp3) is 0.375. The molecule has 0 N–H and O–H groups in total. The molecule has 0 aromatic heterocycles. The van der Waals surface area contributed by atoms with Crippen molar-refractivity contribution in [3.8, 4) is 0 Å². The maximum absolute atomic E-state index is 10.9. The molecule has 2 atom stereocenters. The Bertz CT molecular complexity index is 201. The molecule has 1 heteroatoms. The van der Waals surface area contributed by atoms with Gasteiger partial charge in [0.25, 0.3) is 0 Å². The number of carbonyl (C=O) groups is 1. The molecule has 0 heterocycles. The summed E-state index contributed by atoms with van der Waals surface area (Å²) >= 11 is 0. The van der Waals surface area contributed by atoms with Gasteiger partial charge >= 0.3 is 0 Å². The predicted molar refractivity (Wildman–Crippen MR) is 34.9 cm³/mol. The first kappa shape index (κ1) is 4.98. The van der Waals surface area contributed by atoms with Crippen LogP contribution >= 0.6 is 0 Å².